The summed E-state index contributed by atoms with van der Waals surface area (Å²) < 4.78 is 10.2. The maximum atomic E-state index is 12.6. The molecular formula is C20H30N2O4. The Morgan fingerprint density at radius 1 is 1.15 bits per heavy atom. The Hall–Kier alpha value is -2.08. The number of rotatable bonds is 5. The summed E-state index contributed by atoms with van der Waals surface area (Å²) >= 11 is 0. The first-order valence-electron chi connectivity index (χ1n) is 9.11. The molecule has 1 aromatic carbocycles. The van der Waals surface area contributed by atoms with Gasteiger partial charge in [0.1, 0.15) is 12.1 Å². The normalized spacial score (nSPS) is 16.2. The van der Waals surface area contributed by atoms with E-state index in [0.29, 0.717) is 0 Å². The van der Waals surface area contributed by atoms with Crippen molar-refractivity contribution in [3.63, 3.8) is 0 Å². The van der Waals surface area contributed by atoms with Crippen LogP contribution < -0.4 is 0 Å². The fourth-order valence-corrected chi connectivity index (χ4v) is 3.10. The third-order valence-corrected chi connectivity index (χ3v) is 4.40. The summed E-state index contributed by atoms with van der Waals surface area (Å²) in [5, 5.41) is 0. The van der Waals surface area contributed by atoms with Gasteiger partial charge in [0.05, 0.1) is 7.11 Å². The zero-order valence-corrected chi connectivity index (χ0v) is 16.2. The number of carbonyl (C=O) groups excluding carboxylic acids is 2. The summed E-state index contributed by atoms with van der Waals surface area (Å²) in [5.41, 5.74) is 0.684. The van der Waals surface area contributed by atoms with E-state index in [1.165, 1.54) is 17.6 Å². The zero-order valence-electron chi connectivity index (χ0n) is 16.2. The number of carbonyl (C=O) groups is 2. The molecule has 6 heteroatoms. The van der Waals surface area contributed by atoms with Crippen LogP contribution >= 0.6 is 0 Å². The van der Waals surface area contributed by atoms with Crippen LogP contribution in [0.5, 0.6) is 0 Å². The molecule has 144 valence electrons. The molecule has 0 N–H and O–H groups in total. The molecule has 0 atom stereocenters. The minimum Gasteiger partial charge on any atom is -0.468 e. The lowest BCUT2D eigenvalue weighted by molar-refractivity contribution is -0.142. The van der Waals surface area contributed by atoms with Crippen LogP contribution in [-0.2, 0) is 20.8 Å². The van der Waals surface area contributed by atoms with Crippen molar-refractivity contribution in [1.82, 2.24) is 9.80 Å². The SMILES string of the molecule is COC(=O)CN(C(=O)OC(C)(C)C)C1CCN(Cc2ccccc2)CC1. The predicted molar refractivity (Wildman–Crippen MR) is 99.7 cm³/mol. The molecule has 1 fully saturated rings. The van der Waals surface area contributed by atoms with Crippen molar-refractivity contribution >= 4 is 12.1 Å². The van der Waals surface area contributed by atoms with Crippen molar-refractivity contribution in [3.05, 3.63) is 35.9 Å². The molecule has 6 nitrogen and oxygen atoms in total. The van der Waals surface area contributed by atoms with Crippen LogP contribution in [0.4, 0.5) is 4.79 Å². The number of likely N-dealkylation sites (tertiary alicyclic amines) is 1. The van der Waals surface area contributed by atoms with Crippen molar-refractivity contribution in [3.8, 4) is 0 Å². The Balaban J connectivity index is 1.96. The Labute approximate surface area is 156 Å². The monoisotopic (exact) mass is 362 g/mol. The molecule has 0 saturated carbocycles. The lowest BCUT2D eigenvalue weighted by Gasteiger charge is -2.38. The molecule has 1 aliphatic rings. The Kier molecular flexibility index (Phi) is 7.03. The first kappa shape index (κ1) is 20.2. The highest BCUT2D eigenvalue weighted by Gasteiger charge is 2.32. The number of amides is 1. The third kappa shape index (κ3) is 6.33. The number of ether oxygens (including phenoxy) is 2. The van der Waals surface area contributed by atoms with Crippen LogP contribution in [0.3, 0.4) is 0 Å². The smallest absolute Gasteiger partial charge is 0.411 e. The van der Waals surface area contributed by atoms with Gasteiger partial charge in [-0.05, 0) is 39.2 Å². The van der Waals surface area contributed by atoms with Crippen molar-refractivity contribution in [2.45, 2.75) is 51.8 Å². The molecule has 0 aromatic heterocycles. The zero-order chi connectivity index (χ0) is 19.2. The van der Waals surface area contributed by atoms with Crippen LogP contribution in [-0.4, -0.2) is 60.2 Å². The summed E-state index contributed by atoms with van der Waals surface area (Å²) in [6.45, 7) is 8.04. The number of esters is 1. The summed E-state index contributed by atoms with van der Waals surface area (Å²) in [6.07, 6.45) is 1.16. The third-order valence-electron chi connectivity index (χ3n) is 4.40. The number of piperidine rings is 1. The molecule has 0 unspecified atom stereocenters. The summed E-state index contributed by atoms with van der Waals surface area (Å²) in [6, 6.07) is 10.3. The van der Waals surface area contributed by atoms with Crippen molar-refractivity contribution in [2.75, 3.05) is 26.7 Å². The standard InChI is InChI=1S/C20H30N2O4/c1-20(2,3)26-19(24)22(15-18(23)25-4)17-10-12-21(13-11-17)14-16-8-6-5-7-9-16/h5-9,17H,10-15H2,1-4H3. The van der Waals surface area contributed by atoms with Gasteiger partial charge in [-0.2, -0.15) is 0 Å². The van der Waals surface area contributed by atoms with Crippen molar-refractivity contribution in [2.24, 2.45) is 0 Å². The van der Waals surface area contributed by atoms with Gasteiger partial charge in [0.2, 0.25) is 0 Å². The molecule has 1 amide bonds. The van der Waals surface area contributed by atoms with Gasteiger partial charge < -0.3 is 9.47 Å². The Morgan fingerprint density at radius 2 is 1.77 bits per heavy atom. The highest BCUT2D eigenvalue weighted by atomic mass is 16.6. The van der Waals surface area contributed by atoms with Crippen molar-refractivity contribution in [1.29, 1.82) is 0 Å². The lowest BCUT2D eigenvalue weighted by atomic mass is 10.0. The maximum Gasteiger partial charge on any atom is 0.411 e. The van der Waals surface area contributed by atoms with Gasteiger partial charge in [0.25, 0.3) is 0 Å². The number of hydrogen-bond donors (Lipinski definition) is 0. The molecule has 0 spiro atoms. The second-order valence-electron chi connectivity index (χ2n) is 7.68. The number of nitrogens with zero attached hydrogens (tertiary/aromatic N) is 2. The van der Waals surface area contributed by atoms with Gasteiger partial charge >= 0.3 is 12.1 Å². The van der Waals surface area contributed by atoms with Gasteiger partial charge in [-0.3, -0.25) is 14.6 Å². The number of benzene rings is 1. The summed E-state index contributed by atoms with van der Waals surface area (Å²) in [4.78, 5) is 28.2. The van der Waals surface area contributed by atoms with Gasteiger partial charge in [-0.25, -0.2) is 4.79 Å². The molecule has 1 aliphatic heterocycles. The maximum absolute atomic E-state index is 12.6. The van der Waals surface area contributed by atoms with E-state index in [0.717, 1.165) is 32.5 Å². The first-order chi connectivity index (χ1) is 12.3. The van der Waals surface area contributed by atoms with E-state index in [1.807, 2.05) is 39.0 Å². The Morgan fingerprint density at radius 3 is 2.31 bits per heavy atom. The quantitative estimate of drug-likeness (QED) is 0.754. The van der Waals surface area contributed by atoms with E-state index in [1.54, 1.807) is 0 Å². The largest absolute Gasteiger partial charge is 0.468 e. The van der Waals surface area contributed by atoms with E-state index in [2.05, 4.69) is 17.0 Å². The fourth-order valence-electron chi connectivity index (χ4n) is 3.10. The molecule has 0 radical (unpaired) electrons. The molecule has 2 rings (SSSR count). The van der Waals surface area contributed by atoms with Crippen LogP contribution in [0.15, 0.2) is 30.3 Å². The average Bonchev–Trinajstić information content (AvgIpc) is 2.59. The summed E-state index contributed by atoms with van der Waals surface area (Å²) in [7, 11) is 1.33. The topological polar surface area (TPSA) is 59.1 Å². The molecule has 26 heavy (non-hydrogen) atoms. The van der Waals surface area contributed by atoms with Crippen LogP contribution in [0, 0.1) is 0 Å². The average molecular weight is 362 g/mol. The molecule has 0 aliphatic carbocycles. The second kappa shape index (κ2) is 9.03. The van der Waals surface area contributed by atoms with Crippen LogP contribution in [0.1, 0.15) is 39.2 Å². The molecule has 1 saturated heterocycles. The first-order valence-corrected chi connectivity index (χ1v) is 9.11. The highest BCUT2D eigenvalue weighted by molar-refractivity contribution is 5.78. The molecule has 1 aromatic rings. The van der Waals surface area contributed by atoms with Crippen LogP contribution in [0.2, 0.25) is 0 Å². The Bertz CT molecular complexity index is 590. The van der Waals surface area contributed by atoms with Crippen molar-refractivity contribution < 1.29 is 19.1 Å². The van der Waals surface area contributed by atoms with E-state index >= 15 is 0 Å². The van der Waals surface area contributed by atoms with Gasteiger partial charge in [-0.1, -0.05) is 30.3 Å². The van der Waals surface area contributed by atoms with Crippen LogP contribution in [0.25, 0.3) is 0 Å². The minimum absolute atomic E-state index is 0.0176. The van der Waals surface area contributed by atoms with E-state index < -0.39 is 17.7 Å². The fraction of sp³-hybridized carbons (Fsp3) is 0.600. The molecular weight excluding hydrogens is 332 g/mol. The van der Waals surface area contributed by atoms with E-state index in [4.69, 9.17) is 9.47 Å². The second-order valence-corrected chi connectivity index (χ2v) is 7.68. The van der Waals surface area contributed by atoms with E-state index in [9.17, 15) is 9.59 Å². The molecule has 0 bridgehead atoms. The van der Waals surface area contributed by atoms with Gasteiger partial charge in [0, 0.05) is 25.7 Å². The number of methoxy groups -OCH3 is 1. The minimum atomic E-state index is -0.598. The molecule has 1 heterocycles. The highest BCUT2D eigenvalue weighted by Crippen LogP contribution is 2.21. The van der Waals surface area contributed by atoms with Gasteiger partial charge in [0.15, 0.2) is 0 Å². The van der Waals surface area contributed by atoms with Gasteiger partial charge in [-0.15, -0.1) is 0 Å². The lowest BCUT2D eigenvalue weighted by Crippen LogP contribution is -2.50. The summed E-state index contributed by atoms with van der Waals surface area (Å²) in [5.74, 6) is -0.428. The number of hydrogen-bond acceptors (Lipinski definition) is 5. The van der Waals surface area contributed by atoms with E-state index in [-0.39, 0.29) is 12.6 Å². The predicted octanol–water partition coefficient (Wildman–Crippen LogP) is 3.06.